The summed E-state index contributed by atoms with van der Waals surface area (Å²) in [4.78, 5) is 12.1. The van der Waals surface area contributed by atoms with Crippen molar-refractivity contribution in [2.24, 2.45) is 0 Å². The Hall–Kier alpha value is -2.16. The fourth-order valence-corrected chi connectivity index (χ4v) is 1.94. The van der Waals surface area contributed by atoms with Crippen molar-refractivity contribution in [1.29, 1.82) is 0 Å². The second-order valence-electron chi connectivity index (χ2n) is 4.50. The molecule has 19 heavy (non-hydrogen) atoms. The zero-order valence-corrected chi connectivity index (χ0v) is 10.8. The Labute approximate surface area is 112 Å². The lowest BCUT2D eigenvalue weighted by molar-refractivity contribution is 0.0993. The van der Waals surface area contributed by atoms with Gasteiger partial charge in [-0.3, -0.25) is 4.79 Å². The summed E-state index contributed by atoms with van der Waals surface area (Å²) in [6, 6.07) is 11.7. The van der Waals surface area contributed by atoms with E-state index in [0.717, 1.165) is 12.0 Å². The Morgan fingerprint density at radius 1 is 1.11 bits per heavy atom. The first-order valence-corrected chi connectivity index (χ1v) is 6.26. The highest BCUT2D eigenvalue weighted by molar-refractivity contribution is 6.01. The van der Waals surface area contributed by atoms with Gasteiger partial charge in [-0.15, -0.1) is 0 Å². The maximum Gasteiger partial charge on any atom is 0.169 e. The van der Waals surface area contributed by atoms with Crippen LogP contribution in [0.25, 0.3) is 0 Å². The van der Waals surface area contributed by atoms with E-state index in [1.807, 2.05) is 24.3 Å². The molecule has 0 aliphatic heterocycles. The van der Waals surface area contributed by atoms with Crippen molar-refractivity contribution in [2.75, 3.05) is 5.73 Å². The Balaban J connectivity index is 2.18. The van der Waals surface area contributed by atoms with Crippen LogP contribution in [0.1, 0.15) is 28.4 Å². The van der Waals surface area contributed by atoms with E-state index in [4.69, 9.17) is 5.73 Å². The summed E-state index contributed by atoms with van der Waals surface area (Å²) in [7, 11) is 0. The minimum atomic E-state index is -0.445. The van der Waals surface area contributed by atoms with Crippen LogP contribution in [0, 0.1) is 5.82 Å². The molecule has 0 saturated carbocycles. The number of hydrogen-bond acceptors (Lipinski definition) is 2. The van der Waals surface area contributed by atoms with E-state index >= 15 is 0 Å². The fourth-order valence-electron chi connectivity index (χ4n) is 1.94. The highest BCUT2D eigenvalue weighted by Crippen LogP contribution is 2.16. The molecule has 2 nitrogen and oxygen atoms in total. The molecule has 0 spiro atoms. The van der Waals surface area contributed by atoms with Crippen molar-refractivity contribution in [2.45, 2.75) is 19.8 Å². The van der Waals surface area contributed by atoms with E-state index in [-0.39, 0.29) is 17.8 Å². The largest absolute Gasteiger partial charge is 0.398 e. The molecule has 0 atom stereocenters. The van der Waals surface area contributed by atoms with Crippen molar-refractivity contribution in [3.8, 4) is 0 Å². The maximum atomic E-state index is 13.1. The monoisotopic (exact) mass is 257 g/mol. The van der Waals surface area contributed by atoms with Gasteiger partial charge in [-0.25, -0.2) is 4.39 Å². The van der Waals surface area contributed by atoms with Gasteiger partial charge in [0.1, 0.15) is 5.82 Å². The number of Topliss-reactive ketones (excluding diaryl/α,β-unsaturated/α-hetero) is 1. The number of nitrogen functional groups attached to an aromatic ring is 1. The van der Waals surface area contributed by atoms with Gasteiger partial charge in [0.15, 0.2) is 5.78 Å². The van der Waals surface area contributed by atoms with E-state index in [1.54, 1.807) is 0 Å². The molecule has 0 amide bonds. The number of halogens is 1. The van der Waals surface area contributed by atoms with Crippen LogP contribution in [-0.4, -0.2) is 5.78 Å². The second-order valence-corrected chi connectivity index (χ2v) is 4.50. The van der Waals surface area contributed by atoms with Crippen LogP contribution in [0.15, 0.2) is 42.5 Å². The van der Waals surface area contributed by atoms with Crippen molar-refractivity contribution in [3.63, 3.8) is 0 Å². The highest BCUT2D eigenvalue weighted by Gasteiger charge is 2.11. The molecule has 2 rings (SSSR count). The van der Waals surface area contributed by atoms with Crippen LogP contribution in [0.3, 0.4) is 0 Å². The van der Waals surface area contributed by atoms with E-state index in [1.165, 1.54) is 23.8 Å². The molecule has 3 heteroatoms. The summed E-state index contributed by atoms with van der Waals surface area (Å²) in [6.07, 6.45) is 1.20. The van der Waals surface area contributed by atoms with Crippen LogP contribution in [0.5, 0.6) is 0 Å². The zero-order valence-electron chi connectivity index (χ0n) is 10.8. The molecule has 98 valence electrons. The number of hydrogen-bond donors (Lipinski definition) is 1. The quantitative estimate of drug-likeness (QED) is 0.674. The van der Waals surface area contributed by atoms with Gasteiger partial charge in [0.05, 0.1) is 0 Å². The molecule has 0 radical (unpaired) electrons. The van der Waals surface area contributed by atoms with E-state index in [9.17, 15) is 9.18 Å². The molecule has 0 unspecified atom stereocenters. The maximum absolute atomic E-state index is 13.1. The minimum absolute atomic E-state index is 0.166. The molecular weight excluding hydrogens is 241 g/mol. The van der Waals surface area contributed by atoms with Crippen molar-refractivity contribution >= 4 is 11.5 Å². The molecule has 2 N–H and O–H groups in total. The standard InChI is InChI=1S/C16H16FNO/c1-2-11-3-5-12(6-4-11)9-16(19)14-10-13(17)7-8-15(14)18/h3-8,10H,2,9,18H2,1H3. The van der Waals surface area contributed by atoms with Crippen LogP contribution < -0.4 is 5.73 Å². The summed E-state index contributed by atoms with van der Waals surface area (Å²) < 4.78 is 13.1. The number of aryl methyl sites for hydroxylation is 1. The summed E-state index contributed by atoms with van der Waals surface area (Å²) in [6.45, 7) is 2.08. The van der Waals surface area contributed by atoms with Crippen molar-refractivity contribution in [1.82, 2.24) is 0 Å². The predicted molar refractivity (Wildman–Crippen MR) is 74.7 cm³/mol. The van der Waals surface area contributed by atoms with Crippen LogP contribution in [0.4, 0.5) is 10.1 Å². The third-order valence-corrected chi connectivity index (χ3v) is 3.11. The molecule has 0 fully saturated rings. The fraction of sp³-hybridized carbons (Fsp3) is 0.188. The number of anilines is 1. The molecule has 0 aliphatic rings. The molecular formula is C16H16FNO. The van der Waals surface area contributed by atoms with Gasteiger partial charge in [-0.1, -0.05) is 31.2 Å². The van der Waals surface area contributed by atoms with E-state index in [0.29, 0.717) is 5.69 Å². The normalized spacial score (nSPS) is 10.4. The first-order valence-electron chi connectivity index (χ1n) is 6.26. The van der Waals surface area contributed by atoms with Crippen LogP contribution in [0.2, 0.25) is 0 Å². The van der Waals surface area contributed by atoms with Gasteiger partial charge in [-0.2, -0.15) is 0 Å². The zero-order chi connectivity index (χ0) is 13.8. The first kappa shape index (κ1) is 13.3. The molecule has 0 aromatic heterocycles. The Kier molecular flexibility index (Phi) is 3.95. The predicted octanol–water partition coefficient (Wildman–Crippen LogP) is 3.40. The van der Waals surface area contributed by atoms with Crippen molar-refractivity contribution in [3.05, 3.63) is 65.0 Å². The van der Waals surface area contributed by atoms with E-state index < -0.39 is 5.82 Å². The molecule has 0 heterocycles. The van der Waals surface area contributed by atoms with E-state index in [2.05, 4.69) is 6.92 Å². The Bertz CT molecular complexity index is 590. The number of nitrogens with two attached hydrogens (primary N) is 1. The van der Waals surface area contributed by atoms with Gasteiger partial charge in [0, 0.05) is 17.7 Å². The number of carbonyl (C=O) groups excluding carboxylic acids is 1. The van der Waals surface area contributed by atoms with Gasteiger partial charge in [-0.05, 0) is 35.7 Å². The molecule has 0 saturated heterocycles. The summed E-state index contributed by atoms with van der Waals surface area (Å²) in [5.41, 5.74) is 8.40. The number of rotatable bonds is 4. The SMILES string of the molecule is CCc1ccc(CC(=O)c2cc(F)ccc2N)cc1. The highest BCUT2D eigenvalue weighted by atomic mass is 19.1. The minimum Gasteiger partial charge on any atom is -0.398 e. The Morgan fingerprint density at radius 3 is 2.37 bits per heavy atom. The first-order chi connectivity index (χ1) is 9.10. The third kappa shape index (κ3) is 3.19. The lowest BCUT2D eigenvalue weighted by Gasteiger charge is -2.06. The average molecular weight is 257 g/mol. The smallest absolute Gasteiger partial charge is 0.169 e. The second kappa shape index (κ2) is 5.65. The van der Waals surface area contributed by atoms with Gasteiger partial charge < -0.3 is 5.73 Å². The molecule has 2 aromatic carbocycles. The molecule has 0 bridgehead atoms. The molecule has 2 aromatic rings. The lowest BCUT2D eigenvalue weighted by Crippen LogP contribution is -2.07. The molecule has 0 aliphatic carbocycles. The lowest BCUT2D eigenvalue weighted by atomic mass is 10.0. The van der Waals surface area contributed by atoms with Gasteiger partial charge in [0.25, 0.3) is 0 Å². The van der Waals surface area contributed by atoms with Crippen LogP contribution in [-0.2, 0) is 12.8 Å². The number of carbonyl (C=O) groups is 1. The number of benzene rings is 2. The number of ketones is 1. The summed E-state index contributed by atoms with van der Waals surface area (Å²) in [5, 5.41) is 0. The summed E-state index contributed by atoms with van der Waals surface area (Å²) in [5.74, 6) is -0.611. The van der Waals surface area contributed by atoms with Crippen molar-refractivity contribution < 1.29 is 9.18 Å². The Morgan fingerprint density at radius 2 is 1.74 bits per heavy atom. The summed E-state index contributed by atoms with van der Waals surface area (Å²) >= 11 is 0. The van der Waals surface area contributed by atoms with Gasteiger partial charge in [0.2, 0.25) is 0 Å². The third-order valence-electron chi connectivity index (χ3n) is 3.11. The topological polar surface area (TPSA) is 43.1 Å². The van der Waals surface area contributed by atoms with Crippen LogP contribution >= 0.6 is 0 Å². The average Bonchev–Trinajstić information content (AvgIpc) is 2.42. The van der Waals surface area contributed by atoms with Gasteiger partial charge >= 0.3 is 0 Å².